The molecule has 0 spiro atoms. The van der Waals surface area contributed by atoms with Gasteiger partial charge in [-0.3, -0.25) is 0 Å². The van der Waals surface area contributed by atoms with Crippen LogP contribution in [0.3, 0.4) is 0 Å². The zero-order chi connectivity index (χ0) is 14.0. The van der Waals surface area contributed by atoms with E-state index in [1.165, 1.54) is 18.2 Å². The minimum atomic E-state index is -0.492. The van der Waals surface area contributed by atoms with E-state index in [0.29, 0.717) is 11.3 Å². The first-order chi connectivity index (χ1) is 9.01. The van der Waals surface area contributed by atoms with E-state index in [4.69, 9.17) is 27.3 Å². The van der Waals surface area contributed by atoms with Crippen LogP contribution in [-0.2, 0) is 0 Å². The second-order valence-electron chi connectivity index (χ2n) is 3.66. The first-order valence-electron chi connectivity index (χ1n) is 5.13. The Labute approximate surface area is 122 Å². The number of nitrogens with zero attached hydrogens (tertiary/aromatic N) is 1. The standard InChI is InChI=1S/C13H7BrClFN2O/c14-8-4-11(18)13(5-10(8)16)19-12-2-1-7(6-17)3-9(12)15/h1-5H,18H2. The Balaban J connectivity index is 2.37. The lowest BCUT2D eigenvalue weighted by atomic mass is 10.2. The lowest BCUT2D eigenvalue weighted by Gasteiger charge is -2.10. The fraction of sp³-hybridized carbons (Fsp3) is 0. The van der Waals surface area contributed by atoms with Gasteiger partial charge in [-0.2, -0.15) is 5.26 Å². The number of nitriles is 1. The van der Waals surface area contributed by atoms with Crippen molar-refractivity contribution in [3.05, 3.63) is 51.2 Å². The Morgan fingerprint density at radius 2 is 2.00 bits per heavy atom. The Bertz CT molecular complexity index is 685. The van der Waals surface area contributed by atoms with Crippen LogP contribution in [0.2, 0.25) is 5.02 Å². The van der Waals surface area contributed by atoms with Crippen LogP contribution in [0.15, 0.2) is 34.8 Å². The maximum absolute atomic E-state index is 13.4. The average molecular weight is 342 g/mol. The Morgan fingerprint density at radius 1 is 1.26 bits per heavy atom. The predicted octanol–water partition coefficient (Wildman–Crippen LogP) is 4.49. The summed E-state index contributed by atoms with van der Waals surface area (Å²) in [6.07, 6.45) is 0. The van der Waals surface area contributed by atoms with E-state index in [2.05, 4.69) is 15.9 Å². The summed E-state index contributed by atoms with van der Waals surface area (Å²) in [5, 5.41) is 8.98. The van der Waals surface area contributed by atoms with Gasteiger partial charge in [-0.15, -0.1) is 0 Å². The fourth-order valence-electron chi connectivity index (χ4n) is 1.40. The highest BCUT2D eigenvalue weighted by Crippen LogP contribution is 2.35. The number of anilines is 1. The lowest BCUT2D eigenvalue weighted by Crippen LogP contribution is -1.94. The number of nitrogen functional groups attached to an aromatic ring is 1. The molecular formula is C13H7BrClFN2O. The molecule has 0 atom stereocenters. The summed E-state index contributed by atoms with van der Waals surface area (Å²) in [6, 6.07) is 9.06. The van der Waals surface area contributed by atoms with E-state index in [1.54, 1.807) is 6.07 Å². The largest absolute Gasteiger partial charge is 0.454 e. The van der Waals surface area contributed by atoms with Crippen molar-refractivity contribution in [2.24, 2.45) is 0 Å². The van der Waals surface area contributed by atoms with Crippen LogP contribution >= 0.6 is 27.5 Å². The van der Waals surface area contributed by atoms with E-state index in [0.717, 1.165) is 6.07 Å². The van der Waals surface area contributed by atoms with Crippen molar-refractivity contribution >= 4 is 33.2 Å². The highest BCUT2D eigenvalue weighted by Gasteiger charge is 2.10. The molecule has 0 amide bonds. The first-order valence-corrected chi connectivity index (χ1v) is 6.30. The van der Waals surface area contributed by atoms with Crippen molar-refractivity contribution in [1.82, 2.24) is 0 Å². The molecule has 0 radical (unpaired) electrons. The molecule has 0 aromatic heterocycles. The minimum Gasteiger partial charge on any atom is -0.454 e. The van der Waals surface area contributed by atoms with Gasteiger partial charge < -0.3 is 10.5 Å². The van der Waals surface area contributed by atoms with Gasteiger partial charge in [0.1, 0.15) is 11.6 Å². The van der Waals surface area contributed by atoms with Crippen LogP contribution < -0.4 is 10.5 Å². The van der Waals surface area contributed by atoms with Gasteiger partial charge in [0, 0.05) is 6.07 Å². The third kappa shape index (κ3) is 2.98. The third-order valence-electron chi connectivity index (χ3n) is 2.33. The molecule has 2 N–H and O–H groups in total. The zero-order valence-corrected chi connectivity index (χ0v) is 11.8. The first kappa shape index (κ1) is 13.7. The topological polar surface area (TPSA) is 59.0 Å². The molecule has 0 heterocycles. The molecule has 3 nitrogen and oxygen atoms in total. The number of ether oxygens (including phenoxy) is 1. The molecule has 0 saturated carbocycles. The van der Waals surface area contributed by atoms with Crippen molar-refractivity contribution in [3.8, 4) is 17.6 Å². The van der Waals surface area contributed by atoms with Gasteiger partial charge in [-0.1, -0.05) is 11.6 Å². The van der Waals surface area contributed by atoms with E-state index in [9.17, 15) is 4.39 Å². The zero-order valence-electron chi connectivity index (χ0n) is 9.45. The van der Waals surface area contributed by atoms with Crippen LogP contribution in [0.25, 0.3) is 0 Å². The molecule has 2 aromatic carbocycles. The van der Waals surface area contributed by atoms with Gasteiger partial charge in [-0.05, 0) is 40.2 Å². The summed E-state index contributed by atoms with van der Waals surface area (Å²) in [7, 11) is 0. The van der Waals surface area contributed by atoms with Crippen molar-refractivity contribution < 1.29 is 9.13 Å². The van der Waals surface area contributed by atoms with Crippen molar-refractivity contribution in [2.45, 2.75) is 0 Å². The van der Waals surface area contributed by atoms with Gasteiger partial charge in [-0.25, -0.2) is 4.39 Å². The van der Waals surface area contributed by atoms with Gasteiger partial charge >= 0.3 is 0 Å². The van der Waals surface area contributed by atoms with Crippen molar-refractivity contribution in [1.29, 1.82) is 5.26 Å². The Kier molecular flexibility index (Phi) is 3.93. The van der Waals surface area contributed by atoms with E-state index < -0.39 is 5.82 Å². The van der Waals surface area contributed by atoms with Gasteiger partial charge in [0.2, 0.25) is 0 Å². The van der Waals surface area contributed by atoms with Gasteiger partial charge in [0.05, 0.1) is 26.8 Å². The SMILES string of the molecule is N#Cc1ccc(Oc2cc(F)c(Br)cc2N)c(Cl)c1. The van der Waals surface area contributed by atoms with E-state index in [-0.39, 0.29) is 20.9 Å². The minimum absolute atomic E-state index is 0.160. The Morgan fingerprint density at radius 3 is 2.63 bits per heavy atom. The second kappa shape index (κ2) is 5.47. The Hall–Kier alpha value is -1.77. The van der Waals surface area contributed by atoms with Gasteiger partial charge in [0.25, 0.3) is 0 Å². The summed E-state index contributed by atoms with van der Waals surface area (Å²) < 4.78 is 19.1. The number of halogens is 3. The number of hydrogen-bond acceptors (Lipinski definition) is 3. The summed E-state index contributed by atoms with van der Waals surface area (Å²) in [5.41, 5.74) is 6.41. The summed E-state index contributed by atoms with van der Waals surface area (Å²) >= 11 is 8.99. The van der Waals surface area contributed by atoms with Crippen molar-refractivity contribution in [3.63, 3.8) is 0 Å². The van der Waals surface area contributed by atoms with E-state index in [1.807, 2.05) is 6.07 Å². The number of hydrogen-bond donors (Lipinski definition) is 1. The maximum Gasteiger partial charge on any atom is 0.153 e. The molecule has 2 aromatic rings. The summed E-state index contributed by atoms with van der Waals surface area (Å²) in [5.74, 6) is -0.0321. The summed E-state index contributed by atoms with van der Waals surface area (Å²) in [4.78, 5) is 0. The van der Waals surface area contributed by atoms with Crippen LogP contribution in [0.1, 0.15) is 5.56 Å². The fourth-order valence-corrected chi connectivity index (χ4v) is 1.98. The normalized spacial score (nSPS) is 10.0. The molecule has 2 rings (SSSR count). The lowest BCUT2D eigenvalue weighted by molar-refractivity contribution is 0.479. The van der Waals surface area contributed by atoms with Crippen LogP contribution in [0, 0.1) is 17.1 Å². The monoisotopic (exact) mass is 340 g/mol. The molecule has 0 saturated heterocycles. The van der Waals surface area contributed by atoms with Crippen LogP contribution in [0.4, 0.5) is 10.1 Å². The predicted molar refractivity (Wildman–Crippen MR) is 74.8 cm³/mol. The number of rotatable bonds is 2. The van der Waals surface area contributed by atoms with Crippen LogP contribution in [-0.4, -0.2) is 0 Å². The molecule has 96 valence electrons. The molecule has 0 bridgehead atoms. The molecule has 0 fully saturated rings. The highest BCUT2D eigenvalue weighted by atomic mass is 79.9. The molecule has 0 aliphatic rings. The van der Waals surface area contributed by atoms with Crippen LogP contribution in [0.5, 0.6) is 11.5 Å². The molecule has 6 heteroatoms. The van der Waals surface area contributed by atoms with E-state index >= 15 is 0 Å². The second-order valence-corrected chi connectivity index (χ2v) is 4.92. The number of nitrogens with two attached hydrogens (primary N) is 1. The molecule has 0 aliphatic carbocycles. The molecular weight excluding hydrogens is 335 g/mol. The molecule has 0 aliphatic heterocycles. The highest BCUT2D eigenvalue weighted by molar-refractivity contribution is 9.10. The smallest absolute Gasteiger partial charge is 0.153 e. The van der Waals surface area contributed by atoms with Crippen molar-refractivity contribution in [2.75, 3.05) is 5.73 Å². The van der Waals surface area contributed by atoms with Gasteiger partial charge in [0.15, 0.2) is 5.75 Å². The summed E-state index contributed by atoms with van der Waals surface area (Å²) in [6.45, 7) is 0. The number of benzene rings is 2. The average Bonchev–Trinajstić information content (AvgIpc) is 2.38. The molecule has 19 heavy (non-hydrogen) atoms. The maximum atomic E-state index is 13.4. The quantitative estimate of drug-likeness (QED) is 0.819. The molecule has 0 unspecified atom stereocenters. The third-order valence-corrected chi connectivity index (χ3v) is 3.24.